The van der Waals surface area contributed by atoms with Crippen LogP contribution in [0.3, 0.4) is 0 Å². The van der Waals surface area contributed by atoms with E-state index in [2.05, 4.69) is 20.3 Å². The summed E-state index contributed by atoms with van der Waals surface area (Å²) in [5, 5.41) is 15.2. The molecular weight excluding hydrogens is 296 g/mol. The number of nitrogens with zero attached hydrogens (tertiary/aromatic N) is 3. The zero-order valence-electron chi connectivity index (χ0n) is 11.9. The first-order valence-corrected chi connectivity index (χ1v) is 8.23. The van der Waals surface area contributed by atoms with Crippen molar-refractivity contribution in [1.82, 2.24) is 15.0 Å². The van der Waals surface area contributed by atoms with Crippen molar-refractivity contribution in [3.05, 3.63) is 47.9 Å². The SMILES string of the molecule is OC1CC([C@@H](Nc2ncnc3ccsc23)c2ccccn2)C1. The summed E-state index contributed by atoms with van der Waals surface area (Å²) in [6, 6.07) is 7.99. The first-order valence-electron chi connectivity index (χ1n) is 7.35. The van der Waals surface area contributed by atoms with Crippen LogP contribution in [0.1, 0.15) is 24.6 Å². The Hall–Kier alpha value is -2.05. The van der Waals surface area contributed by atoms with Gasteiger partial charge < -0.3 is 10.4 Å². The second kappa shape index (κ2) is 5.62. The fraction of sp³-hybridized carbons (Fsp3) is 0.312. The molecule has 3 aromatic rings. The summed E-state index contributed by atoms with van der Waals surface area (Å²) in [5.41, 5.74) is 1.94. The Morgan fingerprint density at radius 3 is 2.86 bits per heavy atom. The third-order valence-electron chi connectivity index (χ3n) is 4.16. The number of thiophene rings is 1. The number of aliphatic hydroxyl groups excluding tert-OH is 1. The first kappa shape index (κ1) is 13.6. The van der Waals surface area contributed by atoms with E-state index in [1.165, 1.54) is 0 Å². The van der Waals surface area contributed by atoms with Crippen LogP contribution >= 0.6 is 11.3 Å². The van der Waals surface area contributed by atoms with Gasteiger partial charge in [-0.15, -0.1) is 11.3 Å². The maximum Gasteiger partial charge on any atom is 0.147 e. The van der Waals surface area contributed by atoms with Crippen molar-refractivity contribution in [3.8, 4) is 0 Å². The van der Waals surface area contributed by atoms with Gasteiger partial charge in [-0.25, -0.2) is 9.97 Å². The van der Waals surface area contributed by atoms with Crippen molar-refractivity contribution >= 4 is 27.4 Å². The number of hydrogen-bond acceptors (Lipinski definition) is 6. The zero-order chi connectivity index (χ0) is 14.9. The average Bonchev–Trinajstić information content (AvgIpc) is 3.00. The van der Waals surface area contributed by atoms with Gasteiger partial charge in [-0.3, -0.25) is 4.98 Å². The molecule has 1 saturated carbocycles. The molecule has 0 unspecified atom stereocenters. The molecule has 5 nitrogen and oxygen atoms in total. The molecule has 1 atom stereocenters. The lowest BCUT2D eigenvalue weighted by molar-refractivity contribution is 0.0334. The van der Waals surface area contributed by atoms with Crippen LogP contribution < -0.4 is 5.32 Å². The largest absolute Gasteiger partial charge is 0.393 e. The summed E-state index contributed by atoms with van der Waals surface area (Å²) in [5.74, 6) is 1.21. The van der Waals surface area contributed by atoms with E-state index in [1.807, 2.05) is 29.6 Å². The molecular formula is C16H16N4OS. The molecule has 0 aliphatic heterocycles. The van der Waals surface area contributed by atoms with Gasteiger partial charge in [0.1, 0.15) is 12.1 Å². The second-order valence-corrected chi connectivity index (χ2v) is 6.54. The number of anilines is 1. The first-order chi connectivity index (χ1) is 10.8. The Morgan fingerprint density at radius 1 is 1.18 bits per heavy atom. The zero-order valence-corrected chi connectivity index (χ0v) is 12.7. The minimum Gasteiger partial charge on any atom is -0.393 e. The lowest BCUT2D eigenvalue weighted by Crippen LogP contribution is -2.36. The molecule has 22 heavy (non-hydrogen) atoms. The van der Waals surface area contributed by atoms with E-state index in [9.17, 15) is 5.11 Å². The van der Waals surface area contributed by atoms with Gasteiger partial charge in [0.05, 0.1) is 28.1 Å². The van der Waals surface area contributed by atoms with Crippen LogP contribution in [0, 0.1) is 5.92 Å². The van der Waals surface area contributed by atoms with Crippen molar-refractivity contribution in [2.24, 2.45) is 5.92 Å². The highest BCUT2D eigenvalue weighted by Gasteiger charge is 2.35. The summed E-state index contributed by atoms with van der Waals surface area (Å²) < 4.78 is 1.06. The predicted octanol–water partition coefficient (Wildman–Crippen LogP) is 3.01. The summed E-state index contributed by atoms with van der Waals surface area (Å²) in [6.07, 6.45) is 4.80. The maximum atomic E-state index is 9.65. The molecule has 1 fully saturated rings. The molecule has 4 rings (SSSR count). The van der Waals surface area contributed by atoms with Crippen LogP contribution in [-0.4, -0.2) is 26.2 Å². The number of pyridine rings is 1. The fourth-order valence-electron chi connectivity index (χ4n) is 2.93. The molecule has 1 aliphatic rings. The summed E-state index contributed by atoms with van der Waals surface area (Å²) in [6.45, 7) is 0. The number of fused-ring (bicyclic) bond motifs is 1. The number of aliphatic hydroxyl groups is 1. The lowest BCUT2D eigenvalue weighted by atomic mass is 9.76. The highest BCUT2D eigenvalue weighted by atomic mass is 32.1. The summed E-state index contributed by atoms with van der Waals surface area (Å²) >= 11 is 1.63. The third kappa shape index (κ3) is 2.44. The molecule has 0 spiro atoms. The second-order valence-electron chi connectivity index (χ2n) is 5.62. The number of nitrogens with one attached hydrogen (secondary N) is 1. The number of aromatic nitrogens is 3. The Bertz CT molecular complexity index is 770. The van der Waals surface area contributed by atoms with E-state index < -0.39 is 0 Å². The van der Waals surface area contributed by atoms with Crippen molar-refractivity contribution in [2.75, 3.05) is 5.32 Å². The van der Waals surface area contributed by atoms with E-state index in [0.717, 1.165) is 34.6 Å². The third-order valence-corrected chi connectivity index (χ3v) is 5.07. The fourth-order valence-corrected chi connectivity index (χ4v) is 3.73. The molecule has 112 valence electrons. The van der Waals surface area contributed by atoms with Crippen LogP contribution in [0.2, 0.25) is 0 Å². The molecule has 6 heteroatoms. The molecule has 0 bridgehead atoms. The van der Waals surface area contributed by atoms with E-state index in [4.69, 9.17) is 0 Å². The van der Waals surface area contributed by atoms with Crippen LogP contribution in [0.4, 0.5) is 5.82 Å². The van der Waals surface area contributed by atoms with Crippen LogP contribution in [0.15, 0.2) is 42.2 Å². The Morgan fingerprint density at radius 2 is 2.09 bits per heavy atom. The van der Waals surface area contributed by atoms with Gasteiger partial charge in [0.25, 0.3) is 0 Å². The molecule has 0 radical (unpaired) electrons. The van der Waals surface area contributed by atoms with Crippen LogP contribution in [0.5, 0.6) is 0 Å². The minimum absolute atomic E-state index is 0.0600. The monoisotopic (exact) mass is 312 g/mol. The average molecular weight is 312 g/mol. The van der Waals surface area contributed by atoms with Gasteiger partial charge >= 0.3 is 0 Å². The van der Waals surface area contributed by atoms with Crippen molar-refractivity contribution in [1.29, 1.82) is 0 Å². The molecule has 0 saturated heterocycles. The normalized spacial score (nSPS) is 22.2. The standard InChI is InChI=1S/C16H16N4OS/c21-11-7-10(8-11)14(12-3-1-2-5-17-12)20-16-15-13(4-6-22-15)18-9-19-16/h1-6,9-11,14,21H,7-8H2,(H,18,19,20)/t10?,11?,14-/m1/s1. The maximum absolute atomic E-state index is 9.65. The van der Waals surface area contributed by atoms with Gasteiger partial charge in [-0.2, -0.15) is 0 Å². The summed E-state index contributed by atoms with van der Waals surface area (Å²) in [7, 11) is 0. The topological polar surface area (TPSA) is 70.9 Å². The minimum atomic E-state index is -0.190. The smallest absolute Gasteiger partial charge is 0.147 e. The van der Waals surface area contributed by atoms with Crippen molar-refractivity contribution in [3.63, 3.8) is 0 Å². The van der Waals surface area contributed by atoms with Crippen LogP contribution in [-0.2, 0) is 0 Å². The quantitative estimate of drug-likeness (QED) is 0.775. The summed E-state index contributed by atoms with van der Waals surface area (Å²) in [4.78, 5) is 13.2. The molecule has 3 aromatic heterocycles. The molecule has 2 N–H and O–H groups in total. The lowest BCUT2D eigenvalue weighted by Gasteiger charge is -2.38. The van der Waals surface area contributed by atoms with E-state index in [-0.39, 0.29) is 12.1 Å². The Kier molecular flexibility index (Phi) is 3.48. The highest BCUT2D eigenvalue weighted by Crippen LogP contribution is 2.40. The van der Waals surface area contributed by atoms with Gasteiger partial charge in [0.2, 0.25) is 0 Å². The molecule has 3 heterocycles. The Balaban J connectivity index is 1.68. The Labute approximate surface area is 132 Å². The molecule has 0 aromatic carbocycles. The van der Waals surface area contributed by atoms with Crippen LogP contribution in [0.25, 0.3) is 10.2 Å². The predicted molar refractivity (Wildman–Crippen MR) is 86.7 cm³/mol. The van der Waals surface area contributed by atoms with Crippen molar-refractivity contribution in [2.45, 2.75) is 25.0 Å². The van der Waals surface area contributed by atoms with E-state index in [0.29, 0.717) is 5.92 Å². The number of rotatable bonds is 4. The van der Waals surface area contributed by atoms with Gasteiger partial charge in [0.15, 0.2) is 0 Å². The highest BCUT2D eigenvalue weighted by molar-refractivity contribution is 7.17. The van der Waals surface area contributed by atoms with E-state index >= 15 is 0 Å². The van der Waals surface area contributed by atoms with Gasteiger partial charge in [-0.05, 0) is 42.3 Å². The molecule has 0 amide bonds. The van der Waals surface area contributed by atoms with Crippen molar-refractivity contribution < 1.29 is 5.11 Å². The van der Waals surface area contributed by atoms with Gasteiger partial charge in [-0.1, -0.05) is 6.07 Å². The molecule has 1 aliphatic carbocycles. The van der Waals surface area contributed by atoms with Gasteiger partial charge in [0, 0.05) is 6.20 Å². The van der Waals surface area contributed by atoms with E-state index in [1.54, 1.807) is 23.9 Å². The number of hydrogen-bond donors (Lipinski definition) is 2.